The molecule has 4 nitrogen and oxygen atoms in total. The van der Waals surface area contributed by atoms with E-state index in [1.807, 2.05) is 0 Å². The Labute approximate surface area is 103 Å². The number of nitrogens with zero attached hydrogens (tertiary/aromatic N) is 1. The molecule has 0 aliphatic rings. The average molecular weight is 263 g/mol. The van der Waals surface area contributed by atoms with E-state index in [9.17, 15) is 18.3 Å². The number of nitrogens with one attached hydrogen (secondary N) is 1. The maximum Gasteiger partial charge on any atom is 0.416 e. The lowest BCUT2D eigenvalue weighted by Crippen LogP contribution is -2.32. The normalized spacial score (nSPS) is 15.2. The van der Waals surface area contributed by atoms with Gasteiger partial charge in [0.1, 0.15) is 11.6 Å². The van der Waals surface area contributed by atoms with Gasteiger partial charge in [-0.15, -0.1) is 0 Å². The highest BCUT2D eigenvalue weighted by Crippen LogP contribution is 2.31. The minimum Gasteiger partial charge on any atom is -0.388 e. The zero-order valence-electron chi connectivity index (χ0n) is 10.2. The molecule has 0 fully saturated rings. The van der Waals surface area contributed by atoms with Crippen LogP contribution in [0.25, 0.3) is 0 Å². The molecule has 0 spiro atoms. The Balaban J connectivity index is 2.88. The van der Waals surface area contributed by atoms with E-state index in [0.717, 1.165) is 12.1 Å². The molecule has 18 heavy (non-hydrogen) atoms. The number of halogens is 3. The van der Waals surface area contributed by atoms with Crippen molar-refractivity contribution in [3.8, 4) is 0 Å². The van der Waals surface area contributed by atoms with Crippen LogP contribution >= 0.6 is 0 Å². The largest absolute Gasteiger partial charge is 0.416 e. The molecule has 4 N–H and O–H groups in total. The van der Waals surface area contributed by atoms with Gasteiger partial charge in [-0.05, 0) is 25.5 Å². The van der Waals surface area contributed by atoms with Gasteiger partial charge in [-0.25, -0.2) is 4.98 Å². The van der Waals surface area contributed by atoms with Gasteiger partial charge in [0.25, 0.3) is 0 Å². The Morgan fingerprint density at radius 3 is 2.50 bits per heavy atom. The third-order valence-corrected chi connectivity index (χ3v) is 2.58. The molecule has 7 heteroatoms. The van der Waals surface area contributed by atoms with Gasteiger partial charge in [-0.1, -0.05) is 6.92 Å². The molecule has 1 unspecified atom stereocenters. The second-order valence-electron chi connectivity index (χ2n) is 4.37. The van der Waals surface area contributed by atoms with Crippen LogP contribution in [-0.2, 0) is 6.18 Å². The van der Waals surface area contributed by atoms with E-state index < -0.39 is 17.3 Å². The number of aromatic nitrogens is 1. The molecule has 0 aliphatic heterocycles. The van der Waals surface area contributed by atoms with Crippen molar-refractivity contribution in [2.45, 2.75) is 32.0 Å². The van der Waals surface area contributed by atoms with Gasteiger partial charge in [0.2, 0.25) is 0 Å². The molecule has 1 rings (SSSR count). The summed E-state index contributed by atoms with van der Waals surface area (Å²) in [6.45, 7) is 3.45. The number of aliphatic hydroxyl groups is 1. The van der Waals surface area contributed by atoms with Gasteiger partial charge in [-0.2, -0.15) is 13.2 Å². The van der Waals surface area contributed by atoms with Crippen LogP contribution in [-0.4, -0.2) is 22.2 Å². The summed E-state index contributed by atoms with van der Waals surface area (Å²) < 4.78 is 37.6. The number of pyridine rings is 1. The van der Waals surface area contributed by atoms with Gasteiger partial charge in [0.05, 0.1) is 11.2 Å². The number of hydrogen-bond acceptors (Lipinski definition) is 4. The topological polar surface area (TPSA) is 71.2 Å². The fourth-order valence-corrected chi connectivity index (χ4v) is 1.21. The summed E-state index contributed by atoms with van der Waals surface area (Å²) in [5.41, 5.74) is 3.44. The van der Waals surface area contributed by atoms with E-state index in [0.29, 0.717) is 6.42 Å². The minimum absolute atomic E-state index is 0.00366. The first-order chi connectivity index (χ1) is 8.14. The van der Waals surface area contributed by atoms with Crippen LogP contribution in [0.2, 0.25) is 0 Å². The number of alkyl halides is 3. The maximum absolute atomic E-state index is 12.5. The summed E-state index contributed by atoms with van der Waals surface area (Å²) in [4.78, 5) is 3.74. The van der Waals surface area contributed by atoms with Gasteiger partial charge in [0, 0.05) is 6.54 Å². The number of rotatable bonds is 4. The van der Waals surface area contributed by atoms with Crippen LogP contribution in [0, 0.1) is 0 Å². The summed E-state index contributed by atoms with van der Waals surface area (Å²) in [6, 6.07) is 1.63. The minimum atomic E-state index is -4.47. The van der Waals surface area contributed by atoms with Gasteiger partial charge < -0.3 is 16.2 Å². The molecule has 102 valence electrons. The molecule has 0 aliphatic carbocycles. The molecule has 1 atom stereocenters. The van der Waals surface area contributed by atoms with E-state index >= 15 is 0 Å². The molecular weight excluding hydrogens is 247 g/mol. The monoisotopic (exact) mass is 263 g/mol. The lowest BCUT2D eigenvalue weighted by Gasteiger charge is -2.22. The van der Waals surface area contributed by atoms with Crippen molar-refractivity contribution in [2.75, 3.05) is 17.6 Å². The van der Waals surface area contributed by atoms with Crippen molar-refractivity contribution in [3.63, 3.8) is 0 Å². The molecule has 0 aromatic carbocycles. The zero-order chi connectivity index (χ0) is 14.0. The molecule has 0 saturated carbocycles. The first kappa shape index (κ1) is 14.6. The molecule has 1 aromatic rings. The highest BCUT2D eigenvalue weighted by Gasteiger charge is 2.31. The highest BCUT2D eigenvalue weighted by molar-refractivity contribution is 5.47. The summed E-state index contributed by atoms with van der Waals surface area (Å²) >= 11 is 0. The van der Waals surface area contributed by atoms with Crippen LogP contribution in [0.3, 0.4) is 0 Å². The van der Waals surface area contributed by atoms with Crippen LogP contribution in [0.15, 0.2) is 12.1 Å². The standard InChI is InChI=1S/C11H16F3N3O/c1-3-10(2,18)6-16-9-5-7(11(12,13)14)4-8(15)17-9/h4-5,18H,3,6H2,1-2H3,(H3,15,16,17). The van der Waals surface area contributed by atoms with Crippen molar-refractivity contribution < 1.29 is 18.3 Å². The van der Waals surface area contributed by atoms with Crippen molar-refractivity contribution in [1.82, 2.24) is 4.98 Å². The molecule has 0 bridgehead atoms. The number of anilines is 2. The molecule has 1 aromatic heterocycles. The first-order valence-electron chi connectivity index (χ1n) is 5.45. The Hall–Kier alpha value is -1.50. The number of nitrogens with two attached hydrogens (primary N) is 1. The fourth-order valence-electron chi connectivity index (χ4n) is 1.21. The van der Waals surface area contributed by atoms with Crippen LogP contribution in [0.5, 0.6) is 0 Å². The van der Waals surface area contributed by atoms with E-state index in [2.05, 4.69) is 10.3 Å². The van der Waals surface area contributed by atoms with E-state index in [1.165, 1.54) is 0 Å². The second-order valence-corrected chi connectivity index (χ2v) is 4.37. The molecule has 0 saturated heterocycles. The Morgan fingerprint density at radius 2 is 2.00 bits per heavy atom. The molecule has 1 heterocycles. The fraction of sp³-hybridized carbons (Fsp3) is 0.545. The summed E-state index contributed by atoms with van der Waals surface area (Å²) in [7, 11) is 0. The smallest absolute Gasteiger partial charge is 0.388 e. The quantitative estimate of drug-likeness (QED) is 0.779. The SMILES string of the molecule is CCC(C)(O)CNc1cc(C(F)(F)F)cc(N)n1. The zero-order valence-corrected chi connectivity index (χ0v) is 10.2. The van der Waals surface area contributed by atoms with Crippen LogP contribution in [0.4, 0.5) is 24.8 Å². The molecule has 0 radical (unpaired) electrons. The van der Waals surface area contributed by atoms with Gasteiger partial charge in [-0.3, -0.25) is 0 Å². The number of hydrogen-bond donors (Lipinski definition) is 3. The number of nitrogen functional groups attached to an aromatic ring is 1. The van der Waals surface area contributed by atoms with Crippen molar-refractivity contribution in [2.24, 2.45) is 0 Å². The third kappa shape index (κ3) is 4.06. The van der Waals surface area contributed by atoms with E-state index in [-0.39, 0.29) is 18.2 Å². The lowest BCUT2D eigenvalue weighted by atomic mass is 10.0. The Kier molecular flexibility index (Phi) is 4.05. The average Bonchev–Trinajstić information content (AvgIpc) is 2.25. The summed E-state index contributed by atoms with van der Waals surface area (Å²) in [5.74, 6) is -0.223. The van der Waals surface area contributed by atoms with E-state index in [1.54, 1.807) is 13.8 Å². The summed E-state index contributed by atoms with van der Waals surface area (Å²) in [6.07, 6.45) is -4.00. The first-order valence-corrected chi connectivity index (χ1v) is 5.45. The predicted molar refractivity (Wildman–Crippen MR) is 63.1 cm³/mol. The predicted octanol–water partition coefficient (Wildman–Crippen LogP) is 2.26. The maximum atomic E-state index is 12.5. The van der Waals surface area contributed by atoms with Crippen LogP contribution in [0.1, 0.15) is 25.8 Å². The van der Waals surface area contributed by atoms with Crippen molar-refractivity contribution in [1.29, 1.82) is 0 Å². The highest BCUT2D eigenvalue weighted by atomic mass is 19.4. The second kappa shape index (κ2) is 5.01. The van der Waals surface area contributed by atoms with Gasteiger partial charge in [0.15, 0.2) is 0 Å². The summed E-state index contributed by atoms with van der Waals surface area (Å²) in [5, 5.41) is 12.4. The Morgan fingerprint density at radius 1 is 1.39 bits per heavy atom. The third-order valence-electron chi connectivity index (χ3n) is 2.58. The van der Waals surface area contributed by atoms with Crippen molar-refractivity contribution >= 4 is 11.6 Å². The van der Waals surface area contributed by atoms with E-state index in [4.69, 9.17) is 5.73 Å². The molecular formula is C11H16F3N3O. The molecule has 0 amide bonds. The van der Waals surface area contributed by atoms with Crippen molar-refractivity contribution in [3.05, 3.63) is 17.7 Å². The van der Waals surface area contributed by atoms with Crippen LogP contribution < -0.4 is 11.1 Å². The van der Waals surface area contributed by atoms with Gasteiger partial charge >= 0.3 is 6.18 Å². The Bertz CT molecular complexity index is 418. The lowest BCUT2D eigenvalue weighted by molar-refractivity contribution is -0.137.